The molecule has 1 unspecified atom stereocenters. The maximum Gasteiger partial charge on any atom is 0.264 e. The number of carbonyl (C=O) groups excluding carboxylic acids is 3. The first kappa shape index (κ1) is 28.2. The van der Waals surface area contributed by atoms with E-state index in [1.54, 1.807) is 38.2 Å². The van der Waals surface area contributed by atoms with Crippen molar-refractivity contribution in [2.75, 3.05) is 29.2 Å². The number of ketones is 1. The van der Waals surface area contributed by atoms with Crippen LogP contribution >= 0.6 is 11.3 Å². The number of nitrogens with two attached hydrogens (primary N) is 2. The summed E-state index contributed by atoms with van der Waals surface area (Å²) in [7, 11) is 1.69. The molecule has 0 bridgehead atoms. The average molecular weight is 562 g/mol. The molecule has 4 N–H and O–H groups in total. The zero-order valence-corrected chi connectivity index (χ0v) is 22.9. The second-order valence-electron chi connectivity index (χ2n) is 9.02. The van der Waals surface area contributed by atoms with Crippen LogP contribution in [0.15, 0.2) is 72.8 Å². The normalized spacial score (nSPS) is 11.5. The summed E-state index contributed by atoms with van der Waals surface area (Å²) in [4.78, 5) is 45.4. The first-order chi connectivity index (χ1) is 19.1. The lowest BCUT2D eigenvalue weighted by molar-refractivity contribution is -0.120. The topological polar surface area (TPSA) is 132 Å². The summed E-state index contributed by atoms with van der Waals surface area (Å²) in [6.45, 7) is 3.32. The van der Waals surface area contributed by atoms with E-state index in [9.17, 15) is 18.8 Å². The van der Waals surface area contributed by atoms with Gasteiger partial charge in [0.25, 0.3) is 5.91 Å². The Kier molecular flexibility index (Phi) is 8.44. The number of amides is 2. The zero-order chi connectivity index (χ0) is 29.0. The molecule has 9 nitrogen and oxygen atoms in total. The zero-order valence-electron chi connectivity index (χ0n) is 22.1. The van der Waals surface area contributed by atoms with E-state index in [1.807, 2.05) is 31.2 Å². The molecule has 11 heteroatoms. The minimum absolute atomic E-state index is 0.0149. The predicted octanol–water partition coefficient (Wildman–Crippen LogP) is 4.46. The number of nitrogens with zero attached hydrogens (tertiary/aromatic N) is 3. The minimum Gasteiger partial charge on any atom is -0.484 e. The maximum atomic E-state index is 13.5. The number of carbonyl (C=O) groups is 3. The number of rotatable bonds is 10. The fourth-order valence-corrected chi connectivity index (χ4v) is 5.01. The molecule has 0 aliphatic carbocycles. The second kappa shape index (κ2) is 12.0. The van der Waals surface area contributed by atoms with E-state index in [0.717, 1.165) is 22.6 Å². The summed E-state index contributed by atoms with van der Waals surface area (Å²) in [6, 6.07) is 18.5. The molecule has 40 heavy (non-hydrogen) atoms. The number of likely N-dealkylation sites (N-methyl/N-ethyl adjacent to an activating group) is 1. The van der Waals surface area contributed by atoms with Crippen LogP contribution in [0.2, 0.25) is 0 Å². The first-order valence-corrected chi connectivity index (χ1v) is 13.1. The molecular formula is C29H28FN5O4S. The van der Waals surface area contributed by atoms with Gasteiger partial charge in [0.15, 0.2) is 11.7 Å². The van der Waals surface area contributed by atoms with E-state index in [2.05, 4.69) is 4.98 Å². The quantitative estimate of drug-likeness (QED) is 0.273. The highest BCUT2D eigenvalue weighted by Gasteiger charge is 2.27. The van der Waals surface area contributed by atoms with Crippen LogP contribution in [-0.4, -0.2) is 42.3 Å². The number of hydrogen-bond donors (Lipinski definition) is 2. The van der Waals surface area contributed by atoms with Crippen molar-refractivity contribution in [1.29, 1.82) is 0 Å². The molecule has 4 aromatic rings. The van der Waals surface area contributed by atoms with Crippen LogP contribution in [0.3, 0.4) is 0 Å². The van der Waals surface area contributed by atoms with Crippen LogP contribution in [0.5, 0.6) is 5.75 Å². The van der Waals surface area contributed by atoms with Crippen molar-refractivity contribution in [3.8, 4) is 5.75 Å². The summed E-state index contributed by atoms with van der Waals surface area (Å²) in [5, 5.41) is 0.259. The van der Waals surface area contributed by atoms with E-state index < -0.39 is 17.8 Å². The number of nitrogen functional groups attached to an aromatic ring is 1. The van der Waals surface area contributed by atoms with Crippen molar-refractivity contribution in [2.24, 2.45) is 5.73 Å². The molecule has 0 saturated heterocycles. The first-order valence-electron chi connectivity index (χ1n) is 12.3. The Balaban J connectivity index is 1.48. The number of benzene rings is 3. The molecule has 2 amide bonds. The Morgan fingerprint density at radius 2 is 1.68 bits per heavy atom. The number of hydrogen-bond acceptors (Lipinski definition) is 8. The third-order valence-electron chi connectivity index (χ3n) is 6.29. The largest absolute Gasteiger partial charge is 0.484 e. The Bertz CT molecular complexity index is 1540. The fraction of sp³-hybridized carbons (Fsp3) is 0.172. The van der Waals surface area contributed by atoms with E-state index in [-0.39, 0.29) is 34.1 Å². The number of aryl methyl sites for hydroxylation is 1. The van der Waals surface area contributed by atoms with Crippen LogP contribution in [-0.2, 0) is 9.59 Å². The Hall–Kier alpha value is -4.77. The van der Waals surface area contributed by atoms with Crippen molar-refractivity contribution >= 4 is 51.3 Å². The number of primary amides is 1. The van der Waals surface area contributed by atoms with Gasteiger partial charge < -0.3 is 26.0 Å². The second-order valence-corrected chi connectivity index (χ2v) is 9.99. The number of ether oxygens (including phenoxy) is 1. The van der Waals surface area contributed by atoms with Gasteiger partial charge in [-0.05, 0) is 74.0 Å². The molecule has 0 fully saturated rings. The van der Waals surface area contributed by atoms with Gasteiger partial charge in [-0.25, -0.2) is 9.37 Å². The van der Waals surface area contributed by atoms with Crippen molar-refractivity contribution < 1.29 is 23.5 Å². The highest BCUT2D eigenvalue weighted by molar-refractivity contribution is 7.18. The van der Waals surface area contributed by atoms with E-state index in [0.29, 0.717) is 17.0 Å². The lowest BCUT2D eigenvalue weighted by atomic mass is 10.1. The standard InChI is InChI=1S/C29H28FN5O4S/c1-17-6-4-5-7-23(17)34(3)24(36)16-39-22-14-8-19(9-15-22)25(37)26-27(31)33-29(40-26)35(18(2)28(32)38)21-12-10-20(30)11-13-21/h4-15,18H,16,31H2,1-3H3,(H2,32,38). The van der Waals surface area contributed by atoms with E-state index in [1.165, 1.54) is 34.1 Å². The van der Waals surface area contributed by atoms with Gasteiger partial charge in [0.1, 0.15) is 28.3 Å². The molecule has 1 atom stereocenters. The fourth-order valence-electron chi connectivity index (χ4n) is 3.96. The molecule has 0 saturated carbocycles. The van der Waals surface area contributed by atoms with Gasteiger partial charge in [0.2, 0.25) is 11.7 Å². The molecule has 206 valence electrons. The summed E-state index contributed by atoms with van der Waals surface area (Å²) >= 11 is 0.993. The van der Waals surface area contributed by atoms with Gasteiger partial charge in [0.05, 0.1) is 0 Å². The van der Waals surface area contributed by atoms with Gasteiger partial charge in [-0.15, -0.1) is 0 Å². The monoisotopic (exact) mass is 561 g/mol. The van der Waals surface area contributed by atoms with Crippen molar-refractivity contribution in [3.05, 3.63) is 94.6 Å². The molecule has 0 spiro atoms. The van der Waals surface area contributed by atoms with Crippen molar-refractivity contribution in [3.63, 3.8) is 0 Å². The maximum absolute atomic E-state index is 13.5. The summed E-state index contributed by atoms with van der Waals surface area (Å²) < 4.78 is 19.1. The van der Waals surface area contributed by atoms with Crippen LogP contribution in [0.4, 0.5) is 26.7 Å². The third-order valence-corrected chi connectivity index (χ3v) is 7.36. The number of thiazole rings is 1. The Morgan fingerprint density at radius 3 is 2.30 bits per heavy atom. The third kappa shape index (κ3) is 6.10. The molecule has 1 heterocycles. The summed E-state index contributed by atoms with van der Waals surface area (Å²) in [6.07, 6.45) is 0. The molecule has 0 aliphatic heterocycles. The van der Waals surface area contributed by atoms with Crippen molar-refractivity contribution in [2.45, 2.75) is 19.9 Å². The van der Waals surface area contributed by atoms with E-state index >= 15 is 0 Å². The predicted molar refractivity (Wildman–Crippen MR) is 154 cm³/mol. The summed E-state index contributed by atoms with van der Waals surface area (Å²) in [5.41, 5.74) is 14.2. The SMILES string of the molecule is Cc1ccccc1N(C)C(=O)COc1ccc(C(=O)c2sc(N(c3ccc(F)cc3)C(C)C(N)=O)nc2N)cc1. The van der Waals surface area contributed by atoms with Gasteiger partial charge in [-0.3, -0.25) is 14.4 Å². The van der Waals surface area contributed by atoms with Gasteiger partial charge in [0, 0.05) is 24.0 Å². The van der Waals surface area contributed by atoms with Crippen molar-refractivity contribution in [1.82, 2.24) is 4.98 Å². The highest BCUT2D eigenvalue weighted by atomic mass is 32.1. The Labute approximate surface area is 234 Å². The highest BCUT2D eigenvalue weighted by Crippen LogP contribution is 2.36. The van der Waals surface area contributed by atoms with Gasteiger partial charge in [-0.2, -0.15) is 0 Å². The van der Waals surface area contributed by atoms with Crippen LogP contribution < -0.4 is 26.0 Å². The number of halogens is 1. The van der Waals surface area contributed by atoms with Crippen LogP contribution in [0.25, 0.3) is 0 Å². The minimum atomic E-state index is -0.844. The molecule has 3 aromatic carbocycles. The van der Waals surface area contributed by atoms with Crippen LogP contribution in [0.1, 0.15) is 27.7 Å². The number of para-hydroxylation sites is 1. The lowest BCUT2D eigenvalue weighted by Gasteiger charge is -2.26. The van der Waals surface area contributed by atoms with Crippen LogP contribution in [0, 0.1) is 12.7 Å². The Morgan fingerprint density at radius 1 is 1.02 bits per heavy atom. The number of aromatic nitrogens is 1. The van der Waals surface area contributed by atoms with E-state index in [4.69, 9.17) is 16.2 Å². The molecule has 0 aliphatic rings. The smallest absolute Gasteiger partial charge is 0.264 e. The van der Waals surface area contributed by atoms with Gasteiger partial charge >= 0.3 is 0 Å². The number of anilines is 4. The average Bonchev–Trinajstić information content (AvgIpc) is 3.33. The molecule has 4 rings (SSSR count). The summed E-state index contributed by atoms with van der Waals surface area (Å²) in [5.74, 6) is -1.28. The van der Waals surface area contributed by atoms with Gasteiger partial charge in [-0.1, -0.05) is 29.5 Å². The molecule has 1 aromatic heterocycles. The molecule has 0 radical (unpaired) electrons. The lowest BCUT2D eigenvalue weighted by Crippen LogP contribution is -2.39. The molecular weight excluding hydrogens is 533 g/mol.